The Morgan fingerprint density at radius 2 is 2.21 bits per heavy atom. The molecule has 1 aromatic carbocycles. The van der Waals surface area contributed by atoms with Gasteiger partial charge in [-0.2, -0.15) is 0 Å². The second-order valence-corrected chi connectivity index (χ2v) is 4.48. The van der Waals surface area contributed by atoms with Crippen molar-refractivity contribution in [2.75, 3.05) is 6.61 Å². The van der Waals surface area contributed by atoms with Gasteiger partial charge in [0.15, 0.2) is 0 Å². The summed E-state index contributed by atoms with van der Waals surface area (Å²) < 4.78 is 6.79. The number of fused-ring (bicyclic) bond motifs is 1. The minimum atomic E-state index is 0.745. The van der Waals surface area contributed by atoms with Gasteiger partial charge in [-0.05, 0) is 30.9 Å². The normalized spacial score (nSPS) is 11.0. The summed E-state index contributed by atoms with van der Waals surface area (Å²) in [4.78, 5) is 1.32. The Hall–Kier alpha value is -0.860. The Balaban J connectivity index is 2.36. The molecule has 0 fully saturated rings. The SMILES string of the molecule is CCOCc1cc2cccc(C)c2s1. The highest BCUT2D eigenvalue weighted by atomic mass is 32.1. The van der Waals surface area contributed by atoms with Crippen LogP contribution in [0.25, 0.3) is 10.1 Å². The lowest BCUT2D eigenvalue weighted by atomic mass is 10.2. The number of hydrogen-bond acceptors (Lipinski definition) is 2. The lowest BCUT2D eigenvalue weighted by molar-refractivity contribution is 0.136. The first kappa shape index (κ1) is 9.69. The third-order valence-electron chi connectivity index (χ3n) is 2.24. The van der Waals surface area contributed by atoms with Gasteiger partial charge >= 0.3 is 0 Å². The molecule has 0 saturated heterocycles. The van der Waals surface area contributed by atoms with E-state index >= 15 is 0 Å². The van der Waals surface area contributed by atoms with Gasteiger partial charge in [-0.3, -0.25) is 0 Å². The summed E-state index contributed by atoms with van der Waals surface area (Å²) >= 11 is 1.84. The van der Waals surface area contributed by atoms with E-state index in [1.807, 2.05) is 18.3 Å². The fourth-order valence-electron chi connectivity index (χ4n) is 1.54. The minimum absolute atomic E-state index is 0.745. The van der Waals surface area contributed by atoms with E-state index in [1.165, 1.54) is 20.5 Å². The van der Waals surface area contributed by atoms with Crippen LogP contribution in [0.1, 0.15) is 17.4 Å². The lowest BCUT2D eigenvalue weighted by Gasteiger charge is -1.95. The quantitative estimate of drug-likeness (QED) is 0.743. The van der Waals surface area contributed by atoms with Crippen molar-refractivity contribution in [3.63, 3.8) is 0 Å². The topological polar surface area (TPSA) is 9.23 Å². The molecule has 0 radical (unpaired) electrons. The van der Waals surface area contributed by atoms with Crippen LogP contribution in [0.4, 0.5) is 0 Å². The first-order valence-electron chi connectivity index (χ1n) is 4.87. The molecule has 0 spiro atoms. The monoisotopic (exact) mass is 206 g/mol. The fraction of sp³-hybridized carbons (Fsp3) is 0.333. The van der Waals surface area contributed by atoms with Crippen molar-refractivity contribution < 1.29 is 4.74 Å². The molecule has 0 N–H and O–H groups in total. The summed E-state index contributed by atoms with van der Waals surface area (Å²) in [6.07, 6.45) is 0. The number of rotatable bonds is 3. The number of ether oxygens (including phenoxy) is 1. The number of thiophene rings is 1. The number of hydrogen-bond donors (Lipinski definition) is 0. The molecular weight excluding hydrogens is 192 g/mol. The zero-order chi connectivity index (χ0) is 9.97. The van der Waals surface area contributed by atoms with E-state index in [0.29, 0.717) is 0 Å². The highest BCUT2D eigenvalue weighted by molar-refractivity contribution is 7.19. The molecule has 2 aromatic rings. The maximum absolute atomic E-state index is 5.40. The predicted octanol–water partition coefficient (Wildman–Crippen LogP) is 3.75. The van der Waals surface area contributed by atoms with Crippen molar-refractivity contribution >= 4 is 21.4 Å². The predicted molar refractivity (Wildman–Crippen MR) is 61.9 cm³/mol. The molecule has 74 valence electrons. The summed E-state index contributed by atoms with van der Waals surface area (Å²) in [5, 5.41) is 1.34. The molecule has 2 heteroatoms. The molecule has 0 atom stereocenters. The molecular formula is C12H14OS. The number of aryl methyl sites for hydroxylation is 1. The van der Waals surface area contributed by atoms with E-state index in [-0.39, 0.29) is 0 Å². The second kappa shape index (κ2) is 4.11. The zero-order valence-corrected chi connectivity index (χ0v) is 9.36. The Labute approximate surface area is 88.3 Å². The third-order valence-corrected chi connectivity index (χ3v) is 3.50. The smallest absolute Gasteiger partial charge is 0.0809 e. The summed E-state index contributed by atoms with van der Waals surface area (Å²) in [6.45, 7) is 5.71. The van der Waals surface area contributed by atoms with Crippen molar-refractivity contribution in [2.24, 2.45) is 0 Å². The van der Waals surface area contributed by atoms with Crippen molar-refractivity contribution in [2.45, 2.75) is 20.5 Å². The minimum Gasteiger partial charge on any atom is -0.376 e. The molecule has 1 aromatic heterocycles. The molecule has 0 amide bonds. The first-order valence-corrected chi connectivity index (χ1v) is 5.68. The third kappa shape index (κ3) is 1.81. The molecule has 2 rings (SSSR count). The molecule has 0 bridgehead atoms. The van der Waals surface area contributed by atoms with Crippen LogP contribution in [-0.4, -0.2) is 6.61 Å². The summed E-state index contributed by atoms with van der Waals surface area (Å²) in [5.74, 6) is 0. The van der Waals surface area contributed by atoms with Gasteiger partial charge in [0.1, 0.15) is 0 Å². The maximum Gasteiger partial charge on any atom is 0.0809 e. The molecule has 14 heavy (non-hydrogen) atoms. The summed E-state index contributed by atoms with van der Waals surface area (Å²) in [7, 11) is 0. The Kier molecular flexibility index (Phi) is 2.85. The lowest BCUT2D eigenvalue weighted by Crippen LogP contribution is -1.87. The van der Waals surface area contributed by atoms with Crippen LogP contribution in [0.2, 0.25) is 0 Å². The van der Waals surface area contributed by atoms with Crippen LogP contribution in [0.5, 0.6) is 0 Å². The van der Waals surface area contributed by atoms with E-state index in [2.05, 4.69) is 31.2 Å². The summed E-state index contributed by atoms with van der Waals surface area (Å²) in [5.41, 5.74) is 1.36. The Morgan fingerprint density at radius 3 is 2.93 bits per heavy atom. The van der Waals surface area contributed by atoms with Gasteiger partial charge in [-0.1, -0.05) is 18.2 Å². The van der Waals surface area contributed by atoms with Crippen molar-refractivity contribution in [3.8, 4) is 0 Å². The van der Waals surface area contributed by atoms with Crippen molar-refractivity contribution in [3.05, 3.63) is 34.7 Å². The van der Waals surface area contributed by atoms with E-state index in [1.54, 1.807) is 0 Å². The van der Waals surface area contributed by atoms with Crippen LogP contribution in [0.15, 0.2) is 24.3 Å². The van der Waals surface area contributed by atoms with Crippen LogP contribution in [-0.2, 0) is 11.3 Å². The van der Waals surface area contributed by atoms with Gasteiger partial charge in [-0.15, -0.1) is 11.3 Å². The largest absolute Gasteiger partial charge is 0.376 e. The Bertz CT molecular complexity index is 431. The Morgan fingerprint density at radius 1 is 1.36 bits per heavy atom. The van der Waals surface area contributed by atoms with Crippen LogP contribution in [0.3, 0.4) is 0 Å². The average Bonchev–Trinajstić information content (AvgIpc) is 2.59. The fourth-order valence-corrected chi connectivity index (χ4v) is 2.60. The standard InChI is InChI=1S/C12H14OS/c1-3-13-8-11-7-10-6-4-5-9(2)12(10)14-11/h4-7H,3,8H2,1-2H3. The van der Waals surface area contributed by atoms with Crippen molar-refractivity contribution in [1.82, 2.24) is 0 Å². The van der Waals surface area contributed by atoms with Gasteiger partial charge in [0.2, 0.25) is 0 Å². The van der Waals surface area contributed by atoms with Gasteiger partial charge in [-0.25, -0.2) is 0 Å². The number of benzene rings is 1. The molecule has 0 aliphatic heterocycles. The highest BCUT2D eigenvalue weighted by Gasteiger charge is 2.02. The van der Waals surface area contributed by atoms with E-state index < -0.39 is 0 Å². The van der Waals surface area contributed by atoms with Gasteiger partial charge in [0, 0.05) is 16.2 Å². The average molecular weight is 206 g/mol. The van der Waals surface area contributed by atoms with Crippen LogP contribution < -0.4 is 0 Å². The molecule has 0 aliphatic rings. The van der Waals surface area contributed by atoms with E-state index in [4.69, 9.17) is 4.74 Å². The first-order chi connectivity index (χ1) is 6.81. The maximum atomic E-state index is 5.40. The van der Waals surface area contributed by atoms with Gasteiger partial charge in [0.05, 0.1) is 6.61 Å². The van der Waals surface area contributed by atoms with E-state index in [9.17, 15) is 0 Å². The zero-order valence-electron chi connectivity index (χ0n) is 8.54. The molecule has 0 unspecified atom stereocenters. The van der Waals surface area contributed by atoms with Gasteiger partial charge < -0.3 is 4.74 Å². The highest BCUT2D eigenvalue weighted by Crippen LogP contribution is 2.28. The van der Waals surface area contributed by atoms with Gasteiger partial charge in [0.25, 0.3) is 0 Å². The molecule has 0 aliphatic carbocycles. The van der Waals surface area contributed by atoms with Crippen molar-refractivity contribution in [1.29, 1.82) is 0 Å². The molecule has 0 saturated carbocycles. The van der Waals surface area contributed by atoms with Crippen LogP contribution >= 0.6 is 11.3 Å². The second-order valence-electron chi connectivity index (χ2n) is 3.34. The molecule has 1 heterocycles. The van der Waals surface area contributed by atoms with E-state index in [0.717, 1.165) is 13.2 Å². The van der Waals surface area contributed by atoms with Crippen LogP contribution in [0, 0.1) is 6.92 Å². The summed E-state index contributed by atoms with van der Waals surface area (Å²) in [6, 6.07) is 8.65. The molecule has 1 nitrogen and oxygen atoms in total.